The second-order valence-electron chi connectivity index (χ2n) is 3.55. The van der Waals surface area contributed by atoms with E-state index in [9.17, 15) is 0 Å². The molecular weight excluding hydrogens is 261 g/mol. The summed E-state index contributed by atoms with van der Waals surface area (Å²) in [5.41, 5.74) is 3.68. The predicted molar refractivity (Wildman–Crippen MR) is 65.1 cm³/mol. The van der Waals surface area contributed by atoms with Crippen LogP contribution in [0.2, 0.25) is 5.02 Å². The van der Waals surface area contributed by atoms with Gasteiger partial charge in [0.15, 0.2) is 0 Å². The maximum Gasteiger partial charge on any atom is 0.0672 e. The maximum atomic E-state index is 6.20. The van der Waals surface area contributed by atoms with E-state index in [0.29, 0.717) is 0 Å². The molecule has 0 aliphatic rings. The summed E-state index contributed by atoms with van der Waals surface area (Å²) in [5, 5.41) is 2.03. The number of rotatable bonds is 0. The van der Waals surface area contributed by atoms with Crippen molar-refractivity contribution in [2.24, 2.45) is 7.05 Å². The van der Waals surface area contributed by atoms with Crippen molar-refractivity contribution in [2.75, 3.05) is 0 Å². The molecule has 1 heterocycles. The first-order valence-corrected chi connectivity index (χ1v) is 5.60. The van der Waals surface area contributed by atoms with Gasteiger partial charge in [0.05, 0.1) is 10.5 Å². The first-order chi connectivity index (χ1) is 6.52. The van der Waals surface area contributed by atoms with Crippen molar-refractivity contribution in [3.63, 3.8) is 0 Å². The number of hydrogen-bond donors (Lipinski definition) is 0. The van der Waals surface area contributed by atoms with Crippen LogP contribution in [-0.2, 0) is 7.05 Å². The quantitative estimate of drug-likeness (QED) is 0.677. The third-order valence-electron chi connectivity index (χ3n) is 2.81. The van der Waals surface area contributed by atoms with Crippen molar-refractivity contribution in [1.29, 1.82) is 0 Å². The summed E-state index contributed by atoms with van der Waals surface area (Å²) in [6.07, 6.45) is 0. The fourth-order valence-corrected chi connectivity index (χ4v) is 2.74. The molecule has 0 spiro atoms. The number of fused-ring (bicyclic) bond motifs is 1. The zero-order chi connectivity index (χ0) is 10.5. The van der Waals surface area contributed by atoms with Gasteiger partial charge in [0.25, 0.3) is 0 Å². The molecule has 0 N–H and O–H groups in total. The maximum absolute atomic E-state index is 6.20. The van der Waals surface area contributed by atoms with Crippen molar-refractivity contribution in [1.82, 2.24) is 4.57 Å². The van der Waals surface area contributed by atoms with E-state index in [1.165, 1.54) is 16.6 Å². The lowest BCUT2D eigenvalue weighted by molar-refractivity contribution is 0.910. The standard InChI is InChI=1S/C11H11BrClN/c1-6-7(2)14(3)11-9(6)4-8(12)5-10(11)13/h4-5H,1-3H3. The molecule has 2 rings (SSSR count). The second-order valence-corrected chi connectivity index (χ2v) is 4.88. The lowest BCUT2D eigenvalue weighted by Gasteiger charge is -2.01. The Balaban J connectivity index is 3.02. The molecule has 0 bridgehead atoms. The number of hydrogen-bond acceptors (Lipinski definition) is 0. The first-order valence-electron chi connectivity index (χ1n) is 4.43. The molecule has 1 aromatic carbocycles. The molecule has 0 aliphatic carbocycles. The van der Waals surface area contributed by atoms with Gasteiger partial charge in [0.2, 0.25) is 0 Å². The SMILES string of the molecule is Cc1c(C)n(C)c2c(Cl)cc(Br)cc12. The molecule has 74 valence electrons. The van der Waals surface area contributed by atoms with E-state index in [1.807, 2.05) is 13.1 Å². The normalized spacial score (nSPS) is 11.2. The monoisotopic (exact) mass is 271 g/mol. The predicted octanol–water partition coefficient (Wildman–Crippen LogP) is 4.21. The van der Waals surface area contributed by atoms with Gasteiger partial charge in [-0.05, 0) is 31.5 Å². The Morgan fingerprint density at radius 3 is 2.57 bits per heavy atom. The molecule has 0 aliphatic heterocycles. The van der Waals surface area contributed by atoms with Crippen molar-refractivity contribution >= 4 is 38.4 Å². The summed E-state index contributed by atoms with van der Waals surface area (Å²) in [5.74, 6) is 0. The van der Waals surface area contributed by atoms with E-state index in [0.717, 1.165) is 15.0 Å². The summed E-state index contributed by atoms with van der Waals surface area (Å²) >= 11 is 9.66. The number of aromatic nitrogens is 1. The first kappa shape index (κ1) is 10.1. The van der Waals surface area contributed by atoms with Crippen LogP contribution in [0.5, 0.6) is 0 Å². The number of aryl methyl sites for hydroxylation is 2. The molecule has 0 amide bonds. The molecule has 2 aromatic rings. The third-order valence-corrected chi connectivity index (χ3v) is 3.56. The molecule has 3 heteroatoms. The van der Waals surface area contributed by atoms with Crippen LogP contribution < -0.4 is 0 Å². The van der Waals surface area contributed by atoms with Crippen LogP contribution in [0, 0.1) is 13.8 Å². The molecule has 1 aromatic heterocycles. The largest absolute Gasteiger partial charge is 0.346 e. The van der Waals surface area contributed by atoms with Crippen molar-refractivity contribution < 1.29 is 0 Å². The van der Waals surface area contributed by atoms with E-state index >= 15 is 0 Å². The molecule has 1 nitrogen and oxygen atoms in total. The Morgan fingerprint density at radius 2 is 1.93 bits per heavy atom. The fourth-order valence-electron chi connectivity index (χ4n) is 1.81. The minimum Gasteiger partial charge on any atom is -0.346 e. The topological polar surface area (TPSA) is 4.93 Å². The molecule has 14 heavy (non-hydrogen) atoms. The van der Waals surface area contributed by atoms with Gasteiger partial charge in [-0.2, -0.15) is 0 Å². The van der Waals surface area contributed by atoms with E-state index in [2.05, 4.69) is 40.4 Å². The highest BCUT2D eigenvalue weighted by Gasteiger charge is 2.11. The van der Waals surface area contributed by atoms with Crippen LogP contribution in [0.4, 0.5) is 0 Å². The van der Waals surface area contributed by atoms with Gasteiger partial charge >= 0.3 is 0 Å². The Kier molecular flexibility index (Phi) is 2.36. The van der Waals surface area contributed by atoms with Gasteiger partial charge in [-0.3, -0.25) is 0 Å². The lowest BCUT2D eigenvalue weighted by atomic mass is 10.1. The fraction of sp³-hybridized carbons (Fsp3) is 0.273. The zero-order valence-electron chi connectivity index (χ0n) is 8.36. The average Bonchev–Trinajstić information content (AvgIpc) is 2.31. The minimum atomic E-state index is 0.799. The summed E-state index contributed by atoms with van der Waals surface area (Å²) < 4.78 is 3.17. The average molecular weight is 273 g/mol. The van der Waals surface area contributed by atoms with Crippen molar-refractivity contribution in [3.8, 4) is 0 Å². The molecule has 0 atom stereocenters. The van der Waals surface area contributed by atoms with Crippen LogP contribution in [-0.4, -0.2) is 4.57 Å². The van der Waals surface area contributed by atoms with Crippen LogP contribution in [0.3, 0.4) is 0 Å². The highest BCUT2D eigenvalue weighted by molar-refractivity contribution is 9.10. The van der Waals surface area contributed by atoms with Crippen LogP contribution in [0.25, 0.3) is 10.9 Å². The van der Waals surface area contributed by atoms with Crippen LogP contribution in [0.1, 0.15) is 11.3 Å². The summed E-state index contributed by atoms with van der Waals surface area (Å²) in [6.45, 7) is 4.24. The van der Waals surface area contributed by atoms with Gasteiger partial charge in [-0.25, -0.2) is 0 Å². The van der Waals surface area contributed by atoms with Gasteiger partial charge in [0.1, 0.15) is 0 Å². The van der Waals surface area contributed by atoms with E-state index in [1.54, 1.807) is 0 Å². The smallest absolute Gasteiger partial charge is 0.0672 e. The minimum absolute atomic E-state index is 0.799. The van der Waals surface area contributed by atoms with Gasteiger partial charge < -0.3 is 4.57 Å². The molecule has 0 unspecified atom stereocenters. The summed E-state index contributed by atoms with van der Waals surface area (Å²) in [4.78, 5) is 0. The molecular formula is C11H11BrClN. The number of nitrogens with zero attached hydrogens (tertiary/aromatic N) is 1. The van der Waals surface area contributed by atoms with Crippen LogP contribution >= 0.6 is 27.5 Å². The van der Waals surface area contributed by atoms with Crippen molar-refractivity contribution in [2.45, 2.75) is 13.8 Å². The number of halogens is 2. The third kappa shape index (κ3) is 1.29. The highest BCUT2D eigenvalue weighted by atomic mass is 79.9. The number of benzene rings is 1. The molecule has 0 fully saturated rings. The van der Waals surface area contributed by atoms with E-state index < -0.39 is 0 Å². The Morgan fingerprint density at radius 1 is 1.29 bits per heavy atom. The van der Waals surface area contributed by atoms with Gasteiger partial charge in [-0.1, -0.05) is 27.5 Å². The summed E-state index contributed by atoms with van der Waals surface area (Å²) in [7, 11) is 2.05. The van der Waals surface area contributed by atoms with E-state index in [-0.39, 0.29) is 0 Å². The lowest BCUT2D eigenvalue weighted by Crippen LogP contribution is -1.90. The summed E-state index contributed by atoms with van der Waals surface area (Å²) in [6, 6.07) is 4.05. The Hall–Kier alpha value is -0.470. The zero-order valence-corrected chi connectivity index (χ0v) is 10.7. The molecule has 0 saturated carbocycles. The molecule has 0 saturated heterocycles. The van der Waals surface area contributed by atoms with Crippen LogP contribution in [0.15, 0.2) is 16.6 Å². The van der Waals surface area contributed by atoms with Crippen molar-refractivity contribution in [3.05, 3.63) is 32.9 Å². The second kappa shape index (κ2) is 3.28. The van der Waals surface area contributed by atoms with Gasteiger partial charge in [0, 0.05) is 22.6 Å². The molecule has 0 radical (unpaired) electrons. The Bertz CT molecular complexity index is 514. The van der Waals surface area contributed by atoms with E-state index in [4.69, 9.17) is 11.6 Å². The highest BCUT2D eigenvalue weighted by Crippen LogP contribution is 2.32. The van der Waals surface area contributed by atoms with Gasteiger partial charge in [-0.15, -0.1) is 0 Å². The Labute approximate surface area is 96.8 Å².